The standard InChI is InChI=1S/C57H33N5OS/c1-3-15-34(16-4-1)37-22-13-23-42-45-33-36(29-32-48(45)63-54(37)42)61-46-25-10-7-19-38(46)40-30-31-41-39-20-8-11-26-47(39)62(53(41)52(40)61)57-59-55(35-17-5-2-6-18-35)58-56(60-57)44-24-14-28-50-51(44)43-21-9-12-27-49(43)64-50/h1-33H. The van der Waals surface area contributed by atoms with Crippen molar-refractivity contribution in [3.63, 3.8) is 0 Å². The van der Waals surface area contributed by atoms with Gasteiger partial charge in [0, 0.05) is 74.9 Å². The third-order valence-electron chi connectivity index (χ3n) is 12.8. The molecular formula is C57H33N5OS. The van der Waals surface area contributed by atoms with Crippen LogP contribution in [0.25, 0.3) is 131 Å². The van der Waals surface area contributed by atoms with Gasteiger partial charge in [-0.05, 0) is 48.0 Å². The zero-order chi connectivity index (χ0) is 41.9. The summed E-state index contributed by atoms with van der Waals surface area (Å²) in [6.07, 6.45) is 0. The molecule has 0 radical (unpaired) electrons. The fourth-order valence-corrected chi connectivity index (χ4v) is 11.1. The molecule has 14 aromatic rings. The van der Waals surface area contributed by atoms with Gasteiger partial charge in [-0.25, -0.2) is 4.98 Å². The van der Waals surface area contributed by atoms with Gasteiger partial charge < -0.3 is 8.98 Å². The van der Waals surface area contributed by atoms with Gasteiger partial charge >= 0.3 is 0 Å². The van der Waals surface area contributed by atoms with E-state index in [-0.39, 0.29) is 0 Å². The highest BCUT2D eigenvalue weighted by molar-refractivity contribution is 7.25. The lowest BCUT2D eigenvalue weighted by Crippen LogP contribution is -2.07. The molecule has 0 fully saturated rings. The van der Waals surface area contributed by atoms with Crippen LogP contribution in [0.4, 0.5) is 0 Å². The maximum absolute atomic E-state index is 6.68. The number of hydrogen-bond acceptors (Lipinski definition) is 5. The van der Waals surface area contributed by atoms with Crippen LogP contribution in [0.5, 0.6) is 0 Å². The van der Waals surface area contributed by atoms with Crippen LogP contribution in [-0.4, -0.2) is 24.1 Å². The SMILES string of the molecule is c1ccc(-c2nc(-c3cccc4sc5ccccc5c34)nc(-n3c4ccccc4c4ccc5c6ccccc6n(-c6ccc7oc8c(-c9ccccc9)cccc8c7c6)c5c43)n2)cc1. The van der Waals surface area contributed by atoms with E-state index < -0.39 is 0 Å². The van der Waals surface area contributed by atoms with Gasteiger partial charge in [0.2, 0.25) is 5.95 Å². The van der Waals surface area contributed by atoms with Crippen LogP contribution in [0.3, 0.4) is 0 Å². The fraction of sp³-hybridized carbons (Fsp3) is 0. The highest BCUT2D eigenvalue weighted by Gasteiger charge is 2.25. The van der Waals surface area contributed by atoms with E-state index in [9.17, 15) is 0 Å². The number of benzene rings is 9. The second kappa shape index (κ2) is 13.6. The van der Waals surface area contributed by atoms with E-state index in [0.717, 1.165) is 98.9 Å². The molecule has 0 aliphatic carbocycles. The fourth-order valence-electron chi connectivity index (χ4n) is 10.0. The van der Waals surface area contributed by atoms with Crippen molar-refractivity contribution in [1.29, 1.82) is 0 Å². The summed E-state index contributed by atoms with van der Waals surface area (Å²) in [5, 5.41) is 9.04. The van der Waals surface area contributed by atoms with Gasteiger partial charge in [-0.15, -0.1) is 11.3 Å². The minimum atomic E-state index is 0.556. The zero-order valence-corrected chi connectivity index (χ0v) is 34.9. The van der Waals surface area contributed by atoms with Crippen molar-refractivity contribution in [2.24, 2.45) is 0 Å². The summed E-state index contributed by atoms with van der Waals surface area (Å²) in [4.78, 5) is 16.2. The summed E-state index contributed by atoms with van der Waals surface area (Å²) in [6.45, 7) is 0. The first-order valence-electron chi connectivity index (χ1n) is 21.4. The van der Waals surface area contributed by atoms with E-state index in [1.807, 2.05) is 24.3 Å². The number of hydrogen-bond donors (Lipinski definition) is 0. The molecule has 0 saturated carbocycles. The highest BCUT2D eigenvalue weighted by atomic mass is 32.1. The molecule has 0 unspecified atom stereocenters. The van der Waals surface area contributed by atoms with Gasteiger partial charge in [0.25, 0.3) is 0 Å². The largest absolute Gasteiger partial charge is 0.455 e. The quantitative estimate of drug-likeness (QED) is 0.173. The lowest BCUT2D eigenvalue weighted by atomic mass is 10.0. The Kier molecular flexibility index (Phi) is 7.46. The second-order valence-corrected chi connectivity index (χ2v) is 17.4. The average Bonchev–Trinajstić information content (AvgIpc) is 4.12. The summed E-state index contributed by atoms with van der Waals surface area (Å²) < 4.78 is 13.8. The molecule has 0 spiro atoms. The first kappa shape index (κ1) is 35.2. The first-order chi connectivity index (χ1) is 31.7. The Balaban J connectivity index is 1.09. The Labute approximate surface area is 369 Å². The predicted molar refractivity (Wildman–Crippen MR) is 265 cm³/mol. The van der Waals surface area contributed by atoms with Gasteiger partial charge in [-0.1, -0.05) is 158 Å². The van der Waals surface area contributed by atoms with Crippen LogP contribution in [0.2, 0.25) is 0 Å². The molecule has 0 aliphatic heterocycles. The Bertz CT molecular complexity index is 4200. The Morgan fingerprint density at radius 3 is 1.77 bits per heavy atom. The monoisotopic (exact) mass is 835 g/mol. The number of nitrogens with zero attached hydrogens (tertiary/aromatic N) is 5. The van der Waals surface area contributed by atoms with Crippen molar-refractivity contribution < 1.29 is 4.42 Å². The number of furan rings is 1. The topological polar surface area (TPSA) is 61.7 Å². The maximum Gasteiger partial charge on any atom is 0.238 e. The van der Waals surface area contributed by atoms with Crippen LogP contribution in [-0.2, 0) is 0 Å². The molecule has 0 amide bonds. The number of para-hydroxylation sites is 3. The van der Waals surface area contributed by atoms with Crippen molar-refractivity contribution in [2.45, 2.75) is 0 Å². The summed E-state index contributed by atoms with van der Waals surface area (Å²) in [5.74, 6) is 1.80. The zero-order valence-electron chi connectivity index (χ0n) is 34.1. The van der Waals surface area contributed by atoms with Crippen LogP contribution in [0.15, 0.2) is 205 Å². The van der Waals surface area contributed by atoms with Crippen LogP contribution >= 0.6 is 11.3 Å². The van der Waals surface area contributed by atoms with Gasteiger partial charge in [0.1, 0.15) is 11.2 Å². The molecular weight excluding hydrogens is 803 g/mol. The number of thiophene rings is 1. The third kappa shape index (κ3) is 5.10. The van der Waals surface area contributed by atoms with E-state index in [0.29, 0.717) is 17.6 Å². The number of aromatic nitrogens is 5. The minimum Gasteiger partial charge on any atom is -0.455 e. The number of rotatable bonds is 5. The summed E-state index contributed by atoms with van der Waals surface area (Å²) >= 11 is 1.80. The normalized spacial score (nSPS) is 12.1. The van der Waals surface area contributed by atoms with Gasteiger partial charge in [0.05, 0.1) is 22.1 Å². The highest BCUT2D eigenvalue weighted by Crippen LogP contribution is 2.44. The number of fused-ring (bicyclic) bond motifs is 13. The molecule has 0 atom stereocenters. The molecule has 5 heterocycles. The maximum atomic E-state index is 6.68. The third-order valence-corrected chi connectivity index (χ3v) is 13.9. The molecule has 64 heavy (non-hydrogen) atoms. The van der Waals surface area contributed by atoms with E-state index in [4.69, 9.17) is 19.4 Å². The second-order valence-electron chi connectivity index (χ2n) is 16.3. The van der Waals surface area contributed by atoms with E-state index >= 15 is 0 Å². The molecule has 0 N–H and O–H groups in total. The van der Waals surface area contributed by atoms with Gasteiger partial charge in [-0.2, -0.15) is 9.97 Å². The van der Waals surface area contributed by atoms with Crippen molar-refractivity contribution >= 4 is 97.1 Å². The van der Waals surface area contributed by atoms with Crippen molar-refractivity contribution in [2.75, 3.05) is 0 Å². The van der Waals surface area contributed by atoms with Gasteiger partial charge in [-0.3, -0.25) is 4.57 Å². The van der Waals surface area contributed by atoms with Crippen molar-refractivity contribution in [3.8, 4) is 45.5 Å². The smallest absolute Gasteiger partial charge is 0.238 e. The Hall–Kier alpha value is -8.39. The lowest BCUT2D eigenvalue weighted by molar-refractivity contribution is 0.670. The van der Waals surface area contributed by atoms with E-state index in [1.165, 1.54) is 14.8 Å². The van der Waals surface area contributed by atoms with Crippen LogP contribution in [0, 0.1) is 0 Å². The van der Waals surface area contributed by atoms with Crippen LogP contribution < -0.4 is 0 Å². The Morgan fingerprint density at radius 2 is 0.984 bits per heavy atom. The minimum absolute atomic E-state index is 0.556. The van der Waals surface area contributed by atoms with Crippen LogP contribution in [0.1, 0.15) is 0 Å². The summed E-state index contributed by atoms with van der Waals surface area (Å²) in [5.41, 5.74) is 11.1. The molecule has 14 rings (SSSR count). The Morgan fingerprint density at radius 1 is 0.391 bits per heavy atom. The van der Waals surface area contributed by atoms with E-state index in [2.05, 4.69) is 185 Å². The molecule has 9 aromatic carbocycles. The lowest BCUT2D eigenvalue weighted by Gasteiger charge is -2.14. The van der Waals surface area contributed by atoms with Crippen molar-refractivity contribution in [1.82, 2.24) is 24.1 Å². The van der Waals surface area contributed by atoms with Gasteiger partial charge in [0.15, 0.2) is 11.6 Å². The van der Waals surface area contributed by atoms with Crippen molar-refractivity contribution in [3.05, 3.63) is 200 Å². The molecule has 6 nitrogen and oxygen atoms in total. The molecule has 5 aromatic heterocycles. The predicted octanol–water partition coefficient (Wildman–Crippen LogP) is 15.3. The molecule has 0 aliphatic rings. The molecule has 7 heteroatoms. The summed E-state index contributed by atoms with van der Waals surface area (Å²) in [7, 11) is 0. The average molecular weight is 836 g/mol. The molecule has 0 bridgehead atoms. The van der Waals surface area contributed by atoms with E-state index in [1.54, 1.807) is 11.3 Å². The first-order valence-corrected chi connectivity index (χ1v) is 22.3. The summed E-state index contributed by atoms with van der Waals surface area (Å²) in [6, 6.07) is 70.7. The molecule has 0 saturated heterocycles. The molecule has 298 valence electrons.